The number of hydrogen-bond acceptors (Lipinski definition) is 2. The summed E-state index contributed by atoms with van der Waals surface area (Å²) in [4.78, 5) is 11.1. The van der Waals surface area contributed by atoms with E-state index in [-0.39, 0.29) is 0 Å². The minimum Gasteiger partial charge on any atom is -0.480 e. The summed E-state index contributed by atoms with van der Waals surface area (Å²) in [6, 6.07) is 5.04. The molecule has 1 unspecified atom stereocenters. The quantitative estimate of drug-likeness (QED) is 0.796. The minimum absolute atomic E-state index is 0.457. The Morgan fingerprint density at radius 2 is 2.28 bits per heavy atom. The summed E-state index contributed by atoms with van der Waals surface area (Å²) in [5.74, 6) is -0.811. The van der Waals surface area contributed by atoms with Gasteiger partial charge in [-0.15, -0.1) is 0 Å². The molecule has 1 aromatic rings. The van der Waals surface area contributed by atoms with E-state index in [2.05, 4.69) is 21.2 Å². The lowest BCUT2D eigenvalue weighted by Gasteiger charge is -2.14. The third-order valence-corrected chi connectivity index (χ3v) is 3.55. The standard InChI is InChI=1S/C13H17BrClNO2/c1-2-3-4-12(13(17)18)16-8-9-7-10(14)5-6-11(9)15/h5-7,12,16H,2-4,8H2,1H3,(H,17,18). The summed E-state index contributed by atoms with van der Waals surface area (Å²) < 4.78 is 0.934. The van der Waals surface area contributed by atoms with Crippen LogP contribution in [0, 0.1) is 0 Å². The maximum Gasteiger partial charge on any atom is 0.320 e. The second kappa shape index (κ2) is 7.77. The number of carboxylic acids is 1. The van der Waals surface area contributed by atoms with Gasteiger partial charge in [-0.3, -0.25) is 4.79 Å². The molecule has 0 radical (unpaired) electrons. The van der Waals surface area contributed by atoms with Crippen molar-refractivity contribution in [2.45, 2.75) is 38.8 Å². The lowest BCUT2D eigenvalue weighted by atomic mass is 10.1. The highest BCUT2D eigenvalue weighted by Crippen LogP contribution is 2.21. The molecule has 0 aromatic heterocycles. The predicted molar refractivity (Wildman–Crippen MR) is 76.9 cm³/mol. The molecular formula is C13H17BrClNO2. The zero-order chi connectivity index (χ0) is 13.5. The number of benzene rings is 1. The first-order valence-corrected chi connectivity index (χ1v) is 7.11. The topological polar surface area (TPSA) is 49.3 Å². The van der Waals surface area contributed by atoms with Crippen LogP contribution in [0.5, 0.6) is 0 Å². The zero-order valence-electron chi connectivity index (χ0n) is 10.2. The van der Waals surface area contributed by atoms with Gasteiger partial charge in [0.05, 0.1) is 0 Å². The van der Waals surface area contributed by atoms with Gasteiger partial charge >= 0.3 is 5.97 Å². The van der Waals surface area contributed by atoms with Gasteiger partial charge in [0.2, 0.25) is 0 Å². The van der Waals surface area contributed by atoms with Gasteiger partial charge < -0.3 is 10.4 Å². The van der Waals surface area contributed by atoms with Crippen molar-refractivity contribution in [3.8, 4) is 0 Å². The first kappa shape index (κ1) is 15.5. The molecule has 0 saturated heterocycles. The highest BCUT2D eigenvalue weighted by atomic mass is 79.9. The van der Waals surface area contributed by atoms with Gasteiger partial charge in [0.1, 0.15) is 6.04 Å². The van der Waals surface area contributed by atoms with Crippen LogP contribution >= 0.6 is 27.5 Å². The molecule has 0 bridgehead atoms. The SMILES string of the molecule is CCCCC(NCc1cc(Br)ccc1Cl)C(=O)O. The van der Waals surface area contributed by atoms with Gasteiger partial charge in [-0.25, -0.2) is 0 Å². The lowest BCUT2D eigenvalue weighted by Crippen LogP contribution is -2.36. The summed E-state index contributed by atoms with van der Waals surface area (Å²) >= 11 is 9.43. The predicted octanol–water partition coefficient (Wildman–Crippen LogP) is 3.84. The Balaban J connectivity index is 2.60. The normalized spacial score (nSPS) is 12.4. The van der Waals surface area contributed by atoms with Crippen molar-refractivity contribution < 1.29 is 9.90 Å². The summed E-state index contributed by atoms with van der Waals surface area (Å²) in [5, 5.41) is 12.8. The Bertz CT molecular complexity index is 412. The van der Waals surface area contributed by atoms with E-state index in [0.717, 1.165) is 22.9 Å². The number of halogens is 2. The van der Waals surface area contributed by atoms with Crippen LogP contribution < -0.4 is 5.32 Å². The molecule has 0 spiro atoms. The fourth-order valence-electron chi connectivity index (χ4n) is 1.63. The van der Waals surface area contributed by atoms with Crippen LogP contribution in [0.4, 0.5) is 0 Å². The van der Waals surface area contributed by atoms with Crippen molar-refractivity contribution in [2.75, 3.05) is 0 Å². The van der Waals surface area contributed by atoms with E-state index in [9.17, 15) is 4.79 Å². The van der Waals surface area contributed by atoms with Crippen LogP contribution in [0.3, 0.4) is 0 Å². The van der Waals surface area contributed by atoms with Crippen LogP contribution in [0.25, 0.3) is 0 Å². The molecule has 0 saturated carbocycles. The molecule has 1 rings (SSSR count). The Kier molecular flexibility index (Phi) is 6.68. The molecule has 0 fully saturated rings. The first-order chi connectivity index (χ1) is 8.54. The van der Waals surface area contributed by atoms with Crippen molar-refractivity contribution in [3.05, 3.63) is 33.3 Å². The number of aliphatic carboxylic acids is 1. The molecule has 5 heteroatoms. The van der Waals surface area contributed by atoms with Gasteiger partial charge in [0, 0.05) is 16.0 Å². The van der Waals surface area contributed by atoms with E-state index >= 15 is 0 Å². The molecule has 100 valence electrons. The maximum absolute atomic E-state index is 11.1. The number of unbranched alkanes of at least 4 members (excludes halogenated alkanes) is 1. The van der Waals surface area contributed by atoms with Crippen LogP contribution in [-0.4, -0.2) is 17.1 Å². The molecule has 0 aliphatic carbocycles. The molecule has 0 aliphatic heterocycles. The fraction of sp³-hybridized carbons (Fsp3) is 0.462. The van der Waals surface area contributed by atoms with Crippen molar-refractivity contribution in [3.63, 3.8) is 0 Å². The molecule has 3 nitrogen and oxygen atoms in total. The smallest absolute Gasteiger partial charge is 0.320 e. The number of rotatable bonds is 7. The number of nitrogens with one attached hydrogen (secondary N) is 1. The molecule has 0 aliphatic rings. The monoisotopic (exact) mass is 333 g/mol. The molecule has 1 aromatic carbocycles. The molecule has 0 amide bonds. The second-order valence-corrected chi connectivity index (χ2v) is 5.47. The number of hydrogen-bond donors (Lipinski definition) is 2. The average molecular weight is 335 g/mol. The molecule has 0 heterocycles. The molecular weight excluding hydrogens is 318 g/mol. The fourth-order valence-corrected chi connectivity index (χ4v) is 2.23. The summed E-state index contributed by atoms with van der Waals surface area (Å²) in [5.41, 5.74) is 0.897. The van der Waals surface area contributed by atoms with E-state index in [1.165, 1.54) is 0 Å². The first-order valence-electron chi connectivity index (χ1n) is 5.94. The van der Waals surface area contributed by atoms with Crippen LogP contribution in [0.15, 0.2) is 22.7 Å². The minimum atomic E-state index is -0.811. The van der Waals surface area contributed by atoms with E-state index < -0.39 is 12.0 Å². The third kappa shape index (κ3) is 4.96. The van der Waals surface area contributed by atoms with E-state index in [0.29, 0.717) is 18.0 Å². The van der Waals surface area contributed by atoms with Gasteiger partial charge in [-0.05, 0) is 30.2 Å². The van der Waals surface area contributed by atoms with E-state index in [1.54, 1.807) is 6.07 Å². The Morgan fingerprint density at radius 1 is 1.56 bits per heavy atom. The van der Waals surface area contributed by atoms with E-state index in [1.807, 2.05) is 19.1 Å². The summed E-state index contributed by atoms with van der Waals surface area (Å²) in [6.45, 7) is 2.50. The van der Waals surface area contributed by atoms with Crippen molar-refractivity contribution in [1.82, 2.24) is 5.32 Å². The van der Waals surface area contributed by atoms with Gasteiger partial charge in [-0.2, -0.15) is 0 Å². The van der Waals surface area contributed by atoms with Crippen LogP contribution in [0.1, 0.15) is 31.7 Å². The van der Waals surface area contributed by atoms with Crippen LogP contribution in [0.2, 0.25) is 5.02 Å². The second-order valence-electron chi connectivity index (χ2n) is 4.15. The van der Waals surface area contributed by atoms with Crippen molar-refractivity contribution >= 4 is 33.5 Å². The zero-order valence-corrected chi connectivity index (χ0v) is 12.6. The Morgan fingerprint density at radius 3 is 2.89 bits per heavy atom. The average Bonchev–Trinajstić information content (AvgIpc) is 2.33. The Labute approximate surface area is 121 Å². The molecule has 2 N–H and O–H groups in total. The highest BCUT2D eigenvalue weighted by molar-refractivity contribution is 9.10. The molecule has 18 heavy (non-hydrogen) atoms. The number of carbonyl (C=O) groups is 1. The van der Waals surface area contributed by atoms with Crippen LogP contribution in [-0.2, 0) is 11.3 Å². The lowest BCUT2D eigenvalue weighted by molar-refractivity contribution is -0.139. The Hall–Kier alpha value is -0.580. The maximum atomic E-state index is 11.1. The number of carboxylic acid groups (broad SMARTS) is 1. The van der Waals surface area contributed by atoms with E-state index in [4.69, 9.17) is 16.7 Å². The summed E-state index contributed by atoms with van der Waals surface area (Å²) in [7, 11) is 0. The third-order valence-electron chi connectivity index (χ3n) is 2.69. The van der Waals surface area contributed by atoms with Crippen molar-refractivity contribution in [2.24, 2.45) is 0 Å². The van der Waals surface area contributed by atoms with Gasteiger partial charge in [-0.1, -0.05) is 47.3 Å². The molecule has 1 atom stereocenters. The summed E-state index contributed by atoms with van der Waals surface area (Å²) in [6.07, 6.45) is 2.52. The van der Waals surface area contributed by atoms with Gasteiger partial charge in [0.15, 0.2) is 0 Å². The highest BCUT2D eigenvalue weighted by Gasteiger charge is 2.16. The largest absolute Gasteiger partial charge is 0.480 e. The van der Waals surface area contributed by atoms with Crippen molar-refractivity contribution in [1.29, 1.82) is 0 Å². The van der Waals surface area contributed by atoms with Gasteiger partial charge in [0.25, 0.3) is 0 Å².